The molecule has 1 aliphatic rings. The van der Waals surface area contributed by atoms with Crippen molar-refractivity contribution in [2.24, 2.45) is 11.8 Å². The second-order valence-electron chi connectivity index (χ2n) is 5.36. The van der Waals surface area contributed by atoms with E-state index >= 15 is 0 Å². The van der Waals surface area contributed by atoms with E-state index in [1.165, 1.54) is 23.1 Å². The molecule has 98 valence electrons. The van der Waals surface area contributed by atoms with Gasteiger partial charge in [-0.3, -0.25) is 16.3 Å². The Labute approximate surface area is 113 Å². The Morgan fingerprint density at radius 2 is 2.05 bits per heavy atom. The number of nitrogens with two attached hydrogens (primary N) is 1. The van der Waals surface area contributed by atoms with Gasteiger partial charge in [0, 0.05) is 12.4 Å². The monoisotopic (exact) mass is 253 g/mol. The molecule has 3 unspecified atom stereocenters. The van der Waals surface area contributed by atoms with Crippen molar-refractivity contribution in [1.29, 1.82) is 0 Å². The number of aromatic nitrogens is 1. The molecule has 0 amide bonds. The summed E-state index contributed by atoms with van der Waals surface area (Å²) in [7, 11) is 0. The molecule has 0 aliphatic heterocycles. The summed E-state index contributed by atoms with van der Waals surface area (Å²) in [5.41, 5.74) is 6.74. The summed E-state index contributed by atoms with van der Waals surface area (Å²) in [4.78, 5) is 4.27. The number of rotatable bonds is 4. The van der Waals surface area contributed by atoms with Crippen LogP contribution in [-0.2, 0) is 0 Å². The Morgan fingerprint density at radius 3 is 2.74 bits per heavy atom. The molecular weight excluding hydrogens is 234 g/mol. The second-order valence-corrected chi connectivity index (χ2v) is 5.36. The van der Waals surface area contributed by atoms with Gasteiger partial charge in [-0.2, -0.15) is 0 Å². The van der Waals surface area contributed by atoms with Gasteiger partial charge in [0.1, 0.15) is 0 Å². The molecule has 1 aromatic carbocycles. The van der Waals surface area contributed by atoms with Crippen LogP contribution in [0.15, 0.2) is 48.8 Å². The molecule has 0 saturated heterocycles. The van der Waals surface area contributed by atoms with E-state index in [2.05, 4.69) is 53.7 Å². The molecule has 1 fully saturated rings. The number of aryl methyl sites for hydroxylation is 1. The molecule has 3 atom stereocenters. The van der Waals surface area contributed by atoms with Crippen molar-refractivity contribution in [2.75, 3.05) is 0 Å². The number of pyridine rings is 1. The van der Waals surface area contributed by atoms with Gasteiger partial charge in [0.2, 0.25) is 0 Å². The molecule has 3 rings (SSSR count). The lowest BCUT2D eigenvalue weighted by Gasteiger charge is -2.16. The Hall–Kier alpha value is -1.71. The third-order valence-electron chi connectivity index (χ3n) is 3.93. The molecule has 1 aliphatic carbocycles. The number of hydrogen-bond acceptors (Lipinski definition) is 3. The lowest BCUT2D eigenvalue weighted by atomic mass is 10.00. The largest absolute Gasteiger partial charge is 0.271 e. The van der Waals surface area contributed by atoms with Gasteiger partial charge in [-0.15, -0.1) is 0 Å². The van der Waals surface area contributed by atoms with Crippen molar-refractivity contribution < 1.29 is 0 Å². The van der Waals surface area contributed by atoms with E-state index in [-0.39, 0.29) is 6.04 Å². The van der Waals surface area contributed by atoms with Crippen molar-refractivity contribution in [3.63, 3.8) is 0 Å². The summed E-state index contributed by atoms with van der Waals surface area (Å²) in [5, 5.41) is 0. The number of benzene rings is 1. The Bertz CT molecular complexity index is 553. The molecule has 0 radical (unpaired) electrons. The quantitative estimate of drug-likeness (QED) is 0.650. The molecular formula is C16H19N3. The Kier molecular flexibility index (Phi) is 3.32. The fourth-order valence-corrected chi connectivity index (χ4v) is 2.88. The van der Waals surface area contributed by atoms with Gasteiger partial charge >= 0.3 is 0 Å². The minimum Gasteiger partial charge on any atom is -0.271 e. The lowest BCUT2D eigenvalue weighted by Crippen LogP contribution is -2.30. The summed E-state index contributed by atoms with van der Waals surface area (Å²) in [6, 6.07) is 13.0. The van der Waals surface area contributed by atoms with Gasteiger partial charge in [0.25, 0.3) is 0 Å². The van der Waals surface area contributed by atoms with Crippen LogP contribution in [-0.4, -0.2) is 4.98 Å². The third kappa shape index (κ3) is 2.53. The van der Waals surface area contributed by atoms with E-state index < -0.39 is 0 Å². The first-order valence-electron chi connectivity index (χ1n) is 6.72. The first-order valence-corrected chi connectivity index (χ1v) is 6.72. The standard InChI is InChI=1S/C16H19N3/c1-11-7-13(10-18-9-11)16(19-17)15-8-14(15)12-5-3-2-4-6-12/h2-7,9-10,14-16,19H,8,17H2,1H3. The summed E-state index contributed by atoms with van der Waals surface area (Å²) in [6.45, 7) is 2.06. The van der Waals surface area contributed by atoms with Gasteiger partial charge in [-0.1, -0.05) is 36.4 Å². The van der Waals surface area contributed by atoms with Crippen LogP contribution in [0, 0.1) is 12.8 Å². The normalized spacial score (nSPS) is 23.1. The van der Waals surface area contributed by atoms with Gasteiger partial charge in [0.05, 0.1) is 6.04 Å². The van der Waals surface area contributed by atoms with Gasteiger partial charge in [-0.05, 0) is 41.9 Å². The van der Waals surface area contributed by atoms with Crippen LogP contribution in [0.2, 0.25) is 0 Å². The fraction of sp³-hybridized carbons (Fsp3) is 0.312. The summed E-state index contributed by atoms with van der Waals surface area (Å²) < 4.78 is 0. The molecule has 1 saturated carbocycles. The van der Waals surface area contributed by atoms with Crippen molar-refractivity contribution in [3.8, 4) is 0 Å². The Balaban J connectivity index is 1.79. The highest BCUT2D eigenvalue weighted by Crippen LogP contribution is 2.53. The maximum absolute atomic E-state index is 5.76. The van der Waals surface area contributed by atoms with Crippen LogP contribution in [0.3, 0.4) is 0 Å². The predicted molar refractivity (Wildman–Crippen MR) is 76.3 cm³/mol. The molecule has 19 heavy (non-hydrogen) atoms. The van der Waals surface area contributed by atoms with Crippen LogP contribution >= 0.6 is 0 Å². The van der Waals surface area contributed by atoms with Crippen LogP contribution in [0.4, 0.5) is 0 Å². The van der Waals surface area contributed by atoms with E-state index in [0.29, 0.717) is 11.8 Å². The fourth-order valence-electron chi connectivity index (χ4n) is 2.88. The van der Waals surface area contributed by atoms with Gasteiger partial charge in [-0.25, -0.2) is 0 Å². The van der Waals surface area contributed by atoms with Crippen molar-refractivity contribution >= 4 is 0 Å². The summed E-state index contributed by atoms with van der Waals surface area (Å²) in [6.07, 6.45) is 4.98. The number of nitrogens with zero attached hydrogens (tertiary/aromatic N) is 1. The first kappa shape index (κ1) is 12.3. The average molecular weight is 253 g/mol. The van der Waals surface area contributed by atoms with E-state index in [1.54, 1.807) is 0 Å². The minimum atomic E-state index is 0.192. The molecule has 3 nitrogen and oxygen atoms in total. The SMILES string of the molecule is Cc1cncc(C(NN)C2CC2c2ccccc2)c1. The van der Waals surface area contributed by atoms with Crippen LogP contribution in [0.1, 0.15) is 35.1 Å². The molecule has 3 heteroatoms. The van der Waals surface area contributed by atoms with E-state index in [0.717, 1.165) is 0 Å². The van der Waals surface area contributed by atoms with E-state index in [1.807, 2.05) is 12.4 Å². The zero-order valence-corrected chi connectivity index (χ0v) is 11.1. The maximum Gasteiger partial charge on any atom is 0.0509 e. The zero-order chi connectivity index (χ0) is 13.2. The van der Waals surface area contributed by atoms with Crippen LogP contribution < -0.4 is 11.3 Å². The summed E-state index contributed by atoms with van der Waals surface area (Å²) in [5.74, 6) is 6.94. The first-order chi connectivity index (χ1) is 9.29. The Morgan fingerprint density at radius 1 is 1.26 bits per heavy atom. The zero-order valence-electron chi connectivity index (χ0n) is 11.1. The highest BCUT2D eigenvalue weighted by atomic mass is 15.2. The molecule has 0 spiro atoms. The third-order valence-corrected chi connectivity index (χ3v) is 3.93. The number of hydrazine groups is 1. The van der Waals surface area contributed by atoms with Crippen molar-refractivity contribution in [2.45, 2.75) is 25.3 Å². The molecule has 1 heterocycles. The topological polar surface area (TPSA) is 50.9 Å². The average Bonchev–Trinajstić information content (AvgIpc) is 3.21. The second kappa shape index (κ2) is 5.11. The summed E-state index contributed by atoms with van der Waals surface area (Å²) >= 11 is 0. The molecule has 0 bridgehead atoms. The van der Waals surface area contributed by atoms with E-state index in [9.17, 15) is 0 Å². The molecule has 3 N–H and O–H groups in total. The lowest BCUT2D eigenvalue weighted by molar-refractivity contribution is 0.486. The van der Waals surface area contributed by atoms with Crippen molar-refractivity contribution in [3.05, 3.63) is 65.5 Å². The van der Waals surface area contributed by atoms with Crippen LogP contribution in [0.5, 0.6) is 0 Å². The molecule has 2 aromatic rings. The van der Waals surface area contributed by atoms with Crippen molar-refractivity contribution in [1.82, 2.24) is 10.4 Å². The smallest absolute Gasteiger partial charge is 0.0509 e. The number of hydrogen-bond donors (Lipinski definition) is 2. The predicted octanol–water partition coefficient (Wildman–Crippen LogP) is 2.70. The van der Waals surface area contributed by atoms with Crippen LogP contribution in [0.25, 0.3) is 0 Å². The maximum atomic E-state index is 5.76. The van der Waals surface area contributed by atoms with Gasteiger partial charge in [0.15, 0.2) is 0 Å². The highest BCUT2D eigenvalue weighted by Gasteiger charge is 2.44. The van der Waals surface area contributed by atoms with Gasteiger partial charge < -0.3 is 0 Å². The molecule has 1 aromatic heterocycles. The number of nitrogens with one attached hydrogen (secondary N) is 1. The highest BCUT2D eigenvalue weighted by molar-refractivity contribution is 5.30. The van der Waals surface area contributed by atoms with E-state index in [4.69, 9.17) is 5.84 Å². The minimum absolute atomic E-state index is 0.192.